The van der Waals surface area contributed by atoms with Crippen molar-refractivity contribution in [3.63, 3.8) is 0 Å². The first-order valence-electron chi connectivity index (χ1n) is 11.2. The van der Waals surface area contributed by atoms with Crippen molar-refractivity contribution in [3.8, 4) is 23.2 Å². The van der Waals surface area contributed by atoms with Gasteiger partial charge in [0.25, 0.3) is 0 Å². The lowest BCUT2D eigenvalue weighted by atomic mass is 10.1. The lowest BCUT2D eigenvalue weighted by molar-refractivity contribution is 0.373. The molecule has 2 aromatic heterocycles. The molecule has 9 heteroatoms. The van der Waals surface area contributed by atoms with Gasteiger partial charge in [0, 0.05) is 54.4 Å². The summed E-state index contributed by atoms with van der Waals surface area (Å²) in [6.45, 7) is 8.28. The van der Waals surface area contributed by atoms with Gasteiger partial charge in [-0.05, 0) is 51.5 Å². The molecule has 0 bridgehead atoms. The molecule has 8 nitrogen and oxygen atoms in total. The molecule has 0 aliphatic carbocycles. The molecule has 34 heavy (non-hydrogen) atoms. The molecule has 1 atom stereocenters. The summed E-state index contributed by atoms with van der Waals surface area (Å²) in [4.78, 5) is 11.2. The van der Waals surface area contributed by atoms with E-state index >= 15 is 0 Å². The Hall–Kier alpha value is -3.77. The van der Waals surface area contributed by atoms with E-state index in [9.17, 15) is 14.8 Å². The molecule has 1 saturated heterocycles. The van der Waals surface area contributed by atoms with E-state index in [1.165, 1.54) is 4.68 Å². The van der Waals surface area contributed by atoms with Crippen LogP contribution in [0.5, 0.6) is 5.75 Å². The number of fused-ring (bicyclic) bond motifs is 2. The highest BCUT2D eigenvalue weighted by Gasteiger charge is 2.26. The Balaban J connectivity index is 1.54. The highest BCUT2D eigenvalue weighted by Crippen LogP contribution is 2.36. The molecule has 4 aromatic rings. The molecule has 5 rings (SSSR count). The van der Waals surface area contributed by atoms with E-state index in [1.807, 2.05) is 18.2 Å². The van der Waals surface area contributed by atoms with E-state index in [-0.39, 0.29) is 28.1 Å². The van der Waals surface area contributed by atoms with Gasteiger partial charge in [0.15, 0.2) is 23.1 Å². The largest absolute Gasteiger partial charge is 0.504 e. The summed E-state index contributed by atoms with van der Waals surface area (Å²) < 4.78 is 16.2. The molecular formula is C25H26FN7O. The quantitative estimate of drug-likeness (QED) is 0.479. The zero-order valence-electron chi connectivity index (χ0n) is 19.6. The smallest absolute Gasteiger partial charge is 0.193 e. The first kappa shape index (κ1) is 22.0. The molecule has 174 valence electrons. The van der Waals surface area contributed by atoms with Crippen LogP contribution in [0.2, 0.25) is 0 Å². The molecule has 2 aromatic carbocycles. The van der Waals surface area contributed by atoms with Gasteiger partial charge in [0.1, 0.15) is 11.6 Å². The van der Waals surface area contributed by atoms with Crippen LogP contribution in [0, 0.1) is 17.1 Å². The zero-order valence-corrected chi connectivity index (χ0v) is 19.6. The van der Waals surface area contributed by atoms with Crippen LogP contribution in [0.3, 0.4) is 0 Å². The third-order valence-electron chi connectivity index (χ3n) is 6.04. The Labute approximate surface area is 196 Å². The number of rotatable bonds is 3. The standard InChI is InChI=1S/C25H26FN7O/c1-25(2,3)30-15-7-8-33(13-15)16-5-6-19-17(10-16)20(11-27)29-24(28-19)18-9-14-12-32(4)31-22(14)21(26)23(18)34/h5-6,9-10,12,15,30,34H,7-8,13H2,1-4H3/t15-/m1/s1. The number of benzene rings is 2. The van der Waals surface area contributed by atoms with Gasteiger partial charge in [-0.3, -0.25) is 4.68 Å². The fraction of sp³-hybridized carbons (Fsp3) is 0.360. The number of nitriles is 1. The highest BCUT2D eigenvalue weighted by atomic mass is 19.1. The van der Waals surface area contributed by atoms with Crippen molar-refractivity contribution >= 4 is 27.5 Å². The Kier molecular flexibility index (Phi) is 5.14. The topological polar surface area (TPSA) is 103 Å². The molecule has 0 amide bonds. The number of hydrogen-bond donors (Lipinski definition) is 2. The molecule has 0 saturated carbocycles. The summed E-state index contributed by atoms with van der Waals surface area (Å²) in [6, 6.07) is 9.87. The number of phenols is 1. The Bertz CT molecular complexity index is 1460. The molecule has 0 radical (unpaired) electrons. The number of hydrogen-bond acceptors (Lipinski definition) is 7. The molecule has 1 fully saturated rings. The van der Waals surface area contributed by atoms with Gasteiger partial charge < -0.3 is 15.3 Å². The van der Waals surface area contributed by atoms with Gasteiger partial charge in [0.05, 0.1) is 11.1 Å². The van der Waals surface area contributed by atoms with E-state index in [0.29, 0.717) is 22.3 Å². The predicted octanol–water partition coefficient (Wildman–Crippen LogP) is 3.87. The number of aromatic hydroxyl groups is 1. The molecular weight excluding hydrogens is 433 g/mol. The molecule has 3 heterocycles. The number of nitrogens with zero attached hydrogens (tertiary/aromatic N) is 6. The third-order valence-corrected chi connectivity index (χ3v) is 6.04. The van der Waals surface area contributed by atoms with Crippen molar-refractivity contribution in [2.75, 3.05) is 18.0 Å². The number of aromatic nitrogens is 4. The number of nitrogens with one attached hydrogen (secondary N) is 1. The van der Waals surface area contributed by atoms with Crippen LogP contribution >= 0.6 is 0 Å². The van der Waals surface area contributed by atoms with Crippen molar-refractivity contribution in [3.05, 3.63) is 42.0 Å². The minimum absolute atomic E-state index is 0.0478. The van der Waals surface area contributed by atoms with Crippen LogP contribution in [0.1, 0.15) is 32.9 Å². The van der Waals surface area contributed by atoms with Crippen molar-refractivity contribution in [2.45, 2.75) is 38.8 Å². The third kappa shape index (κ3) is 3.90. The number of aryl methyl sites for hydroxylation is 1. The van der Waals surface area contributed by atoms with E-state index in [2.05, 4.69) is 52.1 Å². The van der Waals surface area contributed by atoms with Crippen molar-refractivity contribution in [1.29, 1.82) is 5.26 Å². The summed E-state index contributed by atoms with van der Waals surface area (Å²) in [5.74, 6) is -1.33. The Morgan fingerprint density at radius 2 is 2.03 bits per heavy atom. The normalized spacial score (nSPS) is 16.5. The van der Waals surface area contributed by atoms with E-state index < -0.39 is 11.6 Å². The number of phenolic OH excluding ortho intramolecular Hbond substituents is 1. The molecule has 0 unspecified atom stereocenters. The lowest BCUT2D eigenvalue weighted by Gasteiger charge is -2.26. The van der Waals surface area contributed by atoms with Gasteiger partial charge >= 0.3 is 0 Å². The second-order valence-corrected chi connectivity index (χ2v) is 9.86. The summed E-state index contributed by atoms with van der Waals surface area (Å²) >= 11 is 0. The van der Waals surface area contributed by atoms with Gasteiger partial charge in [0.2, 0.25) is 0 Å². The average Bonchev–Trinajstić information content (AvgIpc) is 3.40. The highest BCUT2D eigenvalue weighted by molar-refractivity contribution is 5.91. The fourth-order valence-electron chi connectivity index (χ4n) is 4.65. The summed E-state index contributed by atoms with van der Waals surface area (Å²) in [5.41, 5.74) is 1.97. The van der Waals surface area contributed by atoms with Crippen LogP contribution in [0.25, 0.3) is 33.2 Å². The van der Waals surface area contributed by atoms with Crippen molar-refractivity contribution < 1.29 is 9.50 Å². The van der Waals surface area contributed by atoms with Gasteiger partial charge in [-0.15, -0.1) is 0 Å². The van der Waals surface area contributed by atoms with Crippen molar-refractivity contribution in [1.82, 2.24) is 25.1 Å². The van der Waals surface area contributed by atoms with E-state index in [1.54, 1.807) is 19.3 Å². The monoisotopic (exact) mass is 459 g/mol. The predicted molar refractivity (Wildman–Crippen MR) is 129 cm³/mol. The summed E-state index contributed by atoms with van der Waals surface area (Å²) in [5, 5.41) is 29.1. The first-order valence-corrected chi connectivity index (χ1v) is 11.2. The molecule has 2 N–H and O–H groups in total. The maximum atomic E-state index is 14.8. The summed E-state index contributed by atoms with van der Waals surface area (Å²) in [6.07, 6.45) is 2.69. The molecule has 1 aliphatic heterocycles. The van der Waals surface area contributed by atoms with Crippen LogP contribution in [-0.2, 0) is 7.05 Å². The van der Waals surface area contributed by atoms with E-state index in [0.717, 1.165) is 25.2 Å². The maximum Gasteiger partial charge on any atom is 0.193 e. The minimum atomic E-state index is -0.835. The SMILES string of the molecule is Cn1cc2cc(-c3nc(C#N)c4cc(N5CC[C@@H](NC(C)(C)C)C5)ccc4n3)c(O)c(F)c2n1. The van der Waals surface area contributed by atoms with Gasteiger partial charge in [-0.1, -0.05) is 0 Å². The second-order valence-electron chi connectivity index (χ2n) is 9.86. The first-order chi connectivity index (χ1) is 16.1. The van der Waals surface area contributed by atoms with Gasteiger partial charge in [-0.25, -0.2) is 14.4 Å². The van der Waals surface area contributed by atoms with Crippen LogP contribution in [0.4, 0.5) is 10.1 Å². The molecule has 0 spiro atoms. The van der Waals surface area contributed by atoms with Crippen LogP contribution in [-0.4, -0.2) is 49.5 Å². The van der Waals surface area contributed by atoms with Crippen molar-refractivity contribution in [2.24, 2.45) is 7.05 Å². The fourth-order valence-corrected chi connectivity index (χ4v) is 4.65. The lowest BCUT2D eigenvalue weighted by Crippen LogP contribution is -2.44. The maximum absolute atomic E-state index is 14.8. The van der Waals surface area contributed by atoms with E-state index in [4.69, 9.17) is 0 Å². The zero-order chi connectivity index (χ0) is 24.2. The van der Waals surface area contributed by atoms with Gasteiger partial charge in [-0.2, -0.15) is 10.4 Å². The number of halogens is 1. The average molecular weight is 460 g/mol. The second kappa shape index (κ2) is 7.92. The minimum Gasteiger partial charge on any atom is -0.504 e. The van der Waals surface area contributed by atoms with Crippen LogP contribution < -0.4 is 10.2 Å². The Morgan fingerprint density at radius 3 is 2.76 bits per heavy atom. The summed E-state index contributed by atoms with van der Waals surface area (Å²) in [7, 11) is 1.68. The number of anilines is 1. The van der Waals surface area contributed by atoms with Crippen LogP contribution in [0.15, 0.2) is 30.5 Å². The molecule has 1 aliphatic rings. The Morgan fingerprint density at radius 1 is 1.24 bits per heavy atom.